The molecule has 1 saturated heterocycles. The van der Waals surface area contributed by atoms with E-state index in [1.807, 2.05) is 4.90 Å². The molecule has 6 nitrogen and oxygen atoms in total. The fourth-order valence-corrected chi connectivity index (χ4v) is 2.90. The van der Waals surface area contributed by atoms with Crippen molar-refractivity contribution in [3.8, 4) is 11.5 Å². The average molecular weight is 354 g/mol. The Kier molecular flexibility index (Phi) is 5.73. The van der Waals surface area contributed by atoms with Gasteiger partial charge in [-0.3, -0.25) is 9.59 Å². The van der Waals surface area contributed by atoms with Gasteiger partial charge in [0.2, 0.25) is 0 Å². The number of hydrogen-bond donors (Lipinski definition) is 1. The summed E-state index contributed by atoms with van der Waals surface area (Å²) in [7, 11) is 1.57. The fraction of sp³-hybridized carbons (Fsp3) is 0.300. The summed E-state index contributed by atoms with van der Waals surface area (Å²) in [6.45, 7) is 1.37. The molecule has 1 heterocycles. The molecule has 0 spiro atoms. The summed E-state index contributed by atoms with van der Waals surface area (Å²) in [5.74, 6) is 0.826. The third-order valence-electron chi connectivity index (χ3n) is 4.24. The van der Waals surface area contributed by atoms with Crippen molar-refractivity contribution in [3.05, 3.63) is 54.1 Å². The summed E-state index contributed by atoms with van der Waals surface area (Å²) in [6, 6.07) is 14.1. The topological polar surface area (TPSA) is 67.9 Å². The summed E-state index contributed by atoms with van der Waals surface area (Å²) in [6.07, 6.45) is 2.04. The standard InChI is InChI=1S/C20H22N2O4/c1-25-15-7-6-8-16(13-15)26-14-19(23)21-18-10-3-2-9-17(18)20(24)22-11-4-5-12-22/h2-3,6-10,13H,4-5,11-12,14H2,1H3,(H,21,23). The van der Waals surface area contributed by atoms with Crippen LogP contribution in [0.15, 0.2) is 48.5 Å². The molecule has 1 fully saturated rings. The van der Waals surface area contributed by atoms with Crippen molar-refractivity contribution in [1.82, 2.24) is 4.90 Å². The minimum atomic E-state index is -0.325. The lowest BCUT2D eigenvalue weighted by molar-refractivity contribution is -0.118. The first-order valence-corrected chi connectivity index (χ1v) is 8.62. The van der Waals surface area contributed by atoms with Crippen LogP contribution in [0.2, 0.25) is 0 Å². The van der Waals surface area contributed by atoms with Crippen LogP contribution in [0.1, 0.15) is 23.2 Å². The summed E-state index contributed by atoms with van der Waals surface area (Å²) in [4.78, 5) is 26.7. The number of para-hydroxylation sites is 1. The summed E-state index contributed by atoms with van der Waals surface area (Å²) >= 11 is 0. The second-order valence-corrected chi connectivity index (χ2v) is 6.06. The highest BCUT2D eigenvalue weighted by atomic mass is 16.5. The first-order chi connectivity index (χ1) is 12.7. The van der Waals surface area contributed by atoms with E-state index in [1.165, 1.54) is 0 Å². The maximum absolute atomic E-state index is 12.6. The molecule has 0 saturated carbocycles. The Morgan fingerprint density at radius 1 is 1.04 bits per heavy atom. The second-order valence-electron chi connectivity index (χ2n) is 6.06. The zero-order chi connectivity index (χ0) is 18.4. The average Bonchev–Trinajstić information content (AvgIpc) is 3.21. The Labute approximate surface area is 152 Å². The van der Waals surface area contributed by atoms with E-state index < -0.39 is 0 Å². The Hall–Kier alpha value is -3.02. The van der Waals surface area contributed by atoms with Gasteiger partial charge in [-0.05, 0) is 37.1 Å². The molecule has 0 aromatic heterocycles. The summed E-state index contributed by atoms with van der Waals surface area (Å²) < 4.78 is 10.6. The van der Waals surface area contributed by atoms with Crippen LogP contribution in [-0.2, 0) is 4.79 Å². The number of hydrogen-bond acceptors (Lipinski definition) is 4. The number of rotatable bonds is 6. The van der Waals surface area contributed by atoms with Crippen LogP contribution < -0.4 is 14.8 Å². The van der Waals surface area contributed by atoms with Gasteiger partial charge in [0.05, 0.1) is 18.4 Å². The van der Waals surface area contributed by atoms with Crippen molar-refractivity contribution in [2.45, 2.75) is 12.8 Å². The van der Waals surface area contributed by atoms with Gasteiger partial charge < -0.3 is 19.7 Å². The molecular formula is C20H22N2O4. The van der Waals surface area contributed by atoms with Crippen LogP contribution in [0.25, 0.3) is 0 Å². The van der Waals surface area contributed by atoms with Crippen LogP contribution in [-0.4, -0.2) is 43.5 Å². The quantitative estimate of drug-likeness (QED) is 0.866. The molecule has 6 heteroatoms. The zero-order valence-corrected chi connectivity index (χ0v) is 14.7. The van der Waals surface area contributed by atoms with Gasteiger partial charge in [-0.15, -0.1) is 0 Å². The van der Waals surface area contributed by atoms with Crippen molar-refractivity contribution in [3.63, 3.8) is 0 Å². The summed E-state index contributed by atoms with van der Waals surface area (Å²) in [5, 5.41) is 2.77. The third kappa shape index (κ3) is 4.33. The SMILES string of the molecule is COc1cccc(OCC(=O)Nc2ccccc2C(=O)N2CCCC2)c1. The predicted octanol–water partition coefficient (Wildman–Crippen LogP) is 2.95. The molecule has 2 amide bonds. The second kappa shape index (κ2) is 8.38. The van der Waals surface area contributed by atoms with Crippen LogP contribution in [0.3, 0.4) is 0 Å². The minimum Gasteiger partial charge on any atom is -0.497 e. The molecule has 0 radical (unpaired) electrons. The fourth-order valence-electron chi connectivity index (χ4n) is 2.90. The van der Waals surface area contributed by atoms with E-state index in [-0.39, 0.29) is 18.4 Å². The Morgan fingerprint density at radius 3 is 2.54 bits per heavy atom. The lowest BCUT2D eigenvalue weighted by atomic mass is 10.1. The molecular weight excluding hydrogens is 332 g/mol. The highest BCUT2D eigenvalue weighted by Gasteiger charge is 2.22. The maximum Gasteiger partial charge on any atom is 0.262 e. The number of ether oxygens (including phenoxy) is 2. The van der Waals surface area contributed by atoms with Crippen molar-refractivity contribution < 1.29 is 19.1 Å². The van der Waals surface area contributed by atoms with Crippen molar-refractivity contribution in [1.29, 1.82) is 0 Å². The van der Waals surface area contributed by atoms with Gasteiger partial charge in [0.15, 0.2) is 6.61 Å². The van der Waals surface area contributed by atoms with Crippen LogP contribution >= 0.6 is 0 Å². The third-order valence-corrected chi connectivity index (χ3v) is 4.24. The number of nitrogens with one attached hydrogen (secondary N) is 1. The number of anilines is 1. The zero-order valence-electron chi connectivity index (χ0n) is 14.7. The monoisotopic (exact) mass is 354 g/mol. The van der Waals surface area contributed by atoms with Gasteiger partial charge in [-0.25, -0.2) is 0 Å². The number of carbonyl (C=O) groups excluding carboxylic acids is 2. The Balaban J connectivity index is 1.63. The molecule has 1 N–H and O–H groups in total. The van der Waals surface area contributed by atoms with E-state index >= 15 is 0 Å². The van der Waals surface area contributed by atoms with Gasteiger partial charge in [-0.2, -0.15) is 0 Å². The van der Waals surface area contributed by atoms with Gasteiger partial charge in [0.25, 0.3) is 11.8 Å². The van der Waals surface area contributed by atoms with E-state index in [9.17, 15) is 9.59 Å². The molecule has 0 bridgehead atoms. The molecule has 26 heavy (non-hydrogen) atoms. The molecule has 3 rings (SSSR count). The van der Waals surface area contributed by atoms with E-state index in [1.54, 1.807) is 55.6 Å². The van der Waals surface area contributed by atoms with E-state index in [2.05, 4.69) is 5.32 Å². The molecule has 1 aliphatic heterocycles. The van der Waals surface area contributed by atoms with Gasteiger partial charge in [-0.1, -0.05) is 18.2 Å². The largest absolute Gasteiger partial charge is 0.497 e. The van der Waals surface area contributed by atoms with E-state index in [4.69, 9.17) is 9.47 Å². The highest BCUT2D eigenvalue weighted by molar-refractivity contribution is 6.04. The lowest BCUT2D eigenvalue weighted by Crippen LogP contribution is -2.29. The van der Waals surface area contributed by atoms with Crippen LogP contribution in [0.4, 0.5) is 5.69 Å². The van der Waals surface area contributed by atoms with Gasteiger partial charge in [0.1, 0.15) is 11.5 Å². The number of likely N-dealkylation sites (tertiary alicyclic amines) is 1. The first kappa shape index (κ1) is 17.8. The van der Waals surface area contributed by atoms with Crippen LogP contribution in [0.5, 0.6) is 11.5 Å². The Bertz CT molecular complexity index is 785. The smallest absolute Gasteiger partial charge is 0.262 e. The minimum absolute atomic E-state index is 0.0490. The van der Waals surface area contributed by atoms with Crippen molar-refractivity contribution in [2.24, 2.45) is 0 Å². The predicted molar refractivity (Wildman–Crippen MR) is 98.7 cm³/mol. The van der Waals surface area contributed by atoms with E-state index in [0.29, 0.717) is 22.7 Å². The molecule has 136 valence electrons. The van der Waals surface area contributed by atoms with Crippen molar-refractivity contribution >= 4 is 17.5 Å². The van der Waals surface area contributed by atoms with Gasteiger partial charge >= 0.3 is 0 Å². The molecule has 0 unspecified atom stereocenters. The molecule has 1 aliphatic rings. The molecule has 0 aliphatic carbocycles. The Morgan fingerprint density at radius 2 is 1.77 bits per heavy atom. The van der Waals surface area contributed by atoms with E-state index in [0.717, 1.165) is 25.9 Å². The number of carbonyl (C=O) groups is 2. The molecule has 2 aromatic rings. The first-order valence-electron chi connectivity index (χ1n) is 8.62. The van der Waals surface area contributed by atoms with Crippen molar-refractivity contribution in [2.75, 3.05) is 32.1 Å². The molecule has 0 atom stereocenters. The molecule has 2 aromatic carbocycles. The normalized spacial score (nSPS) is 13.3. The number of benzene rings is 2. The number of nitrogens with zero attached hydrogens (tertiary/aromatic N) is 1. The highest BCUT2D eigenvalue weighted by Crippen LogP contribution is 2.21. The number of amides is 2. The van der Waals surface area contributed by atoms with Gasteiger partial charge in [0, 0.05) is 19.2 Å². The lowest BCUT2D eigenvalue weighted by Gasteiger charge is -2.18. The maximum atomic E-state index is 12.6. The van der Waals surface area contributed by atoms with Crippen LogP contribution in [0, 0.1) is 0 Å². The summed E-state index contributed by atoms with van der Waals surface area (Å²) in [5.41, 5.74) is 1.01. The number of methoxy groups -OCH3 is 1.